The van der Waals surface area contributed by atoms with Gasteiger partial charge in [-0.15, -0.1) is 0 Å². The number of amides is 2. The molecule has 33 heavy (non-hydrogen) atoms. The molecule has 172 valence electrons. The van der Waals surface area contributed by atoms with Crippen LogP contribution >= 0.6 is 11.6 Å². The van der Waals surface area contributed by atoms with Gasteiger partial charge < -0.3 is 19.5 Å². The van der Waals surface area contributed by atoms with Crippen LogP contribution in [0.5, 0.6) is 5.75 Å². The predicted octanol–water partition coefficient (Wildman–Crippen LogP) is 3.38. The Morgan fingerprint density at radius 2 is 2.03 bits per heavy atom. The number of ether oxygens (including phenoxy) is 1. The summed E-state index contributed by atoms with van der Waals surface area (Å²) in [6, 6.07) is 12.2. The molecule has 1 aromatic heterocycles. The van der Waals surface area contributed by atoms with Gasteiger partial charge in [0.25, 0.3) is 5.56 Å². The van der Waals surface area contributed by atoms with Crippen molar-refractivity contribution in [3.63, 3.8) is 0 Å². The molecule has 9 heteroatoms. The number of hydrogen-bond acceptors (Lipinski definition) is 5. The maximum absolute atomic E-state index is 13.3. The molecule has 4 rings (SSSR count). The van der Waals surface area contributed by atoms with Crippen molar-refractivity contribution in [2.24, 2.45) is 5.92 Å². The second-order valence-corrected chi connectivity index (χ2v) is 8.27. The first-order valence-electron chi connectivity index (χ1n) is 10.9. The molecular formula is C24H25ClN4O4. The van der Waals surface area contributed by atoms with Gasteiger partial charge in [0.05, 0.1) is 35.7 Å². The minimum atomic E-state index is -0.492. The molecule has 1 saturated heterocycles. The highest BCUT2D eigenvalue weighted by molar-refractivity contribution is 6.31. The molecule has 1 fully saturated rings. The average molecular weight is 469 g/mol. The Hall–Kier alpha value is -3.39. The molecule has 0 radical (unpaired) electrons. The molecule has 1 aliphatic heterocycles. The third-order valence-corrected chi connectivity index (χ3v) is 5.92. The summed E-state index contributed by atoms with van der Waals surface area (Å²) < 4.78 is 5.66. The van der Waals surface area contributed by atoms with Crippen LogP contribution in [-0.4, -0.2) is 46.4 Å². The molecule has 2 amide bonds. The Labute approximate surface area is 196 Å². The standard InChI is InChI=1S/C24H25ClN4O4/c1-3-28(14-21-26-18-12-16(25)9-10-17(18)23(31)27-21)24(32)15-11-22(30)29(13-15)19-7-5-6-8-20(19)33-4-2/h5-10,12,15H,3-4,11,13-14H2,1-2H3,(H,26,27,31)/t15-/m0/s1. The number of benzene rings is 2. The fourth-order valence-corrected chi connectivity index (χ4v) is 4.25. The Morgan fingerprint density at radius 1 is 1.24 bits per heavy atom. The van der Waals surface area contributed by atoms with E-state index in [9.17, 15) is 14.4 Å². The maximum Gasteiger partial charge on any atom is 0.258 e. The Bertz CT molecular complexity index is 1260. The number of aromatic nitrogens is 2. The number of H-pyrrole nitrogens is 1. The van der Waals surface area contributed by atoms with Gasteiger partial charge in [0.15, 0.2) is 0 Å². The minimum Gasteiger partial charge on any atom is -0.492 e. The van der Waals surface area contributed by atoms with E-state index in [0.717, 1.165) is 0 Å². The first-order valence-corrected chi connectivity index (χ1v) is 11.3. The quantitative estimate of drug-likeness (QED) is 0.573. The molecule has 3 aromatic rings. The molecule has 1 aliphatic rings. The molecule has 0 bridgehead atoms. The lowest BCUT2D eigenvalue weighted by molar-refractivity contribution is -0.136. The number of halogens is 1. The number of fused-ring (bicyclic) bond motifs is 1. The zero-order valence-corrected chi connectivity index (χ0v) is 19.3. The van der Waals surface area contributed by atoms with E-state index >= 15 is 0 Å². The smallest absolute Gasteiger partial charge is 0.258 e. The van der Waals surface area contributed by atoms with Gasteiger partial charge in [-0.3, -0.25) is 14.4 Å². The van der Waals surface area contributed by atoms with Gasteiger partial charge in [-0.2, -0.15) is 0 Å². The van der Waals surface area contributed by atoms with Crippen LogP contribution in [0.1, 0.15) is 26.1 Å². The molecule has 8 nitrogen and oxygen atoms in total. The number of nitrogens with one attached hydrogen (secondary N) is 1. The molecule has 2 heterocycles. The molecule has 1 N–H and O–H groups in total. The largest absolute Gasteiger partial charge is 0.492 e. The Kier molecular flexibility index (Phi) is 6.65. The minimum absolute atomic E-state index is 0.118. The Balaban J connectivity index is 1.53. The summed E-state index contributed by atoms with van der Waals surface area (Å²) in [5.74, 6) is 0.214. The fraction of sp³-hybridized carbons (Fsp3) is 0.333. The van der Waals surface area contributed by atoms with Crippen molar-refractivity contribution in [2.45, 2.75) is 26.8 Å². The fourth-order valence-electron chi connectivity index (χ4n) is 4.08. The van der Waals surface area contributed by atoms with Crippen LogP contribution in [0, 0.1) is 5.92 Å². The number of anilines is 1. The van der Waals surface area contributed by atoms with Crippen LogP contribution in [0.4, 0.5) is 5.69 Å². The average Bonchev–Trinajstić information content (AvgIpc) is 3.18. The van der Waals surface area contributed by atoms with E-state index in [0.29, 0.717) is 46.3 Å². The lowest BCUT2D eigenvalue weighted by Gasteiger charge is -2.24. The lowest BCUT2D eigenvalue weighted by Crippen LogP contribution is -2.37. The molecular weight excluding hydrogens is 444 g/mol. The summed E-state index contributed by atoms with van der Waals surface area (Å²) >= 11 is 6.04. The van der Waals surface area contributed by atoms with Gasteiger partial charge in [-0.05, 0) is 44.2 Å². The van der Waals surface area contributed by atoms with E-state index in [-0.39, 0.29) is 36.9 Å². The van der Waals surface area contributed by atoms with E-state index in [1.54, 1.807) is 28.0 Å². The van der Waals surface area contributed by atoms with Gasteiger partial charge in [-0.1, -0.05) is 23.7 Å². The molecule has 0 spiro atoms. The summed E-state index contributed by atoms with van der Waals surface area (Å²) in [5, 5.41) is 0.911. The summed E-state index contributed by atoms with van der Waals surface area (Å²) in [6.45, 7) is 5.03. The Morgan fingerprint density at radius 3 is 2.79 bits per heavy atom. The van der Waals surface area contributed by atoms with Gasteiger partial charge in [0.1, 0.15) is 11.6 Å². The number of para-hydroxylation sites is 2. The SMILES string of the molecule is CCOc1ccccc1N1C[C@@H](C(=O)N(CC)Cc2nc3cc(Cl)ccc3c(=O)[nH]2)CC1=O. The molecule has 0 unspecified atom stereocenters. The zero-order valence-electron chi connectivity index (χ0n) is 18.5. The van der Waals surface area contributed by atoms with E-state index < -0.39 is 5.92 Å². The third kappa shape index (κ3) is 4.71. The first kappa shape index (κ1) is 22.8. The van der Waals surface area contributed by atoms with Gasteiger partial charge in [0, 0.05) is 24.5 Å². The highest BCUT2D eigenvalue weighted by atomic mass is 35.5. The van der Waals surface area contributed by atoms with E-state index in [1.807, 2.05) is 38.1 Å². The predicted molar refractivity (Wildman–Crippen MR) is 127 cm³/mol. The highest BCUT2D eigenvalue weighted by Gasteiger charge is 2.38. The van der Waals surface area contributed by atoms with Gasteiger partial charge >= 0.3 is 0 Å². The number of aromatic amines is 1. The van der Waals surface area contributed by atoms with Crippen LogP contribution in [0.2, 0.25) is 5.02 Å². The normalized spacial score (nSPS) is 15.8. The van der Waals surface area contributed by atoms with Crippen molar-refractivity contribution in [3.05, 3.63) is 63.7 Å². The second-order valence-electron chi connectivity index (χ2n) is 7.83. The number of carbonyl (C=O) groups is 2. The number of rotatable bonds is 7. The topological polar surface area (TPSA) is 95.6 Å². The van der Waals surface area contributed by atoms with Crippen molar-refractivity contribution in [1.82, 2.24) is 14.9 Å². The molecule has 0 aliphatic carbocycles. The summed E-state index contributed by atoms with van der Waals surface area (Å²) in [6.07, 6.45) is 0.118. The van der Waals surface area contributed by atoms with Crippen molar-refractivity contribution in [2.75, 3.05) is 24.6 Å². The number of carbonyl (C=O) groups excluding carboxylic acids is 2. The van der Waals surface area contributed by atoms with Crippen LogP contribution in [0.15, 0.2) is 47.3 Å². The van der Waals surface area contributed by atoms with Crippen LogP contribution in [0.3, 0.4) is 0 Å². The summed E-state index contributed by atoms with van der Waals surface area (Å²) in [4.78, 5) is 48.9. The summed E-state index contributed by atoms with van der Waals surface area (Å²) in [7, 11) is 0. The third-order valence-electron chi connectivity index (χ3n) is 5.68. The first-order chi connectivity index (χ1) is 15.9. The second kappa shape index (κ2) is 9.62. The van der Waals surface area contributed by atoms with Crippen molar-refractivity contribution in [3.8, 4) is 5.75 Å². The lowest BCUT2D eigenvalue weighted by atomic mass is 10.1. The monoisotopic (exact) mass is 468 g/mol. The van der Waals surface area contributed by atoms with Gasteiger partial charge in [-0.25, -0.2) is 4.98 Å². The van der Waals surface area contributed by atoms with Crippen LogP contribution in [-0.2, 0) is 16.1 Å². The molecule has 2 aromatic carbocycles. The highest BCUT2D eigenvalue weighted by Crippen LogP contribution is 2.33. The number of nitrogens with zero attached hydrogens (tertiary/aromatic N) is 3. The molecule has 0 saturated carbocycles. The van der Waals surface area contributed by atoms with E-state index in [4.69, 9.17) is 16.3 Å². The zero-order chi connectivity index (χ0) is 23.5. The van der Waals surface area contributed by atoms with E-state index in [2.05, 4.69) is 9.97 Å². The van der Waals surface area contributed by atoms with E-state index in [1.165, 1.54) is 0 Å². The van der Waals surface area contributed by atoms with Crippen molar-refractivity contribution >= 4 is 40.0 Å². The molecule has 1 atom stereocenters. The maximum atomic E-state index is 13.3. The summed E-state index contributed by atoms with van der Waals surface area (Å²) in [5.41, 5.74) is 0.851. The van der Waals surface area contributed by atoms with Crippen molar-refractivity contribution in [1.29, 1.82) is 0 Å². The van der Waals surface area contributed by atoms with Crippen LogP contribution < -0.4 is 15.2 Å². The van der Waals surface area contributed by atoms with Crippen molar-refractivity contribution < 1.29 is 14.3 Å². The number of hydrogen-bond donors (Lipinski definition) is 1. The van der Waals surface area contributed by atoms with Gasteiger partial charge in [0.2, 0.25) is 11.8 Å². The van der Waals surface area contributed by atoms with Crippen LogP contribution in [0.25, 0.3) is 10.9 Å².